The van der Waals surface area contributed by atoms with Crippen molar-refractivity contribution in [2.75, 3.05) is 0 Å². The lowest BCUT2D eigenvalue weighted by Crippen LogP contribution is -2.30. The molecule has 2 aromatic heterocycles. The van der Waals surface area contributed by atoms with E-state index in [2.05, 4.69) is 16.4 Å². The van der Waals surface area contributed by atoms with Gasteiger partial charge in [-0.15, -0.1) is 0 Å². The van der Waals surface area contributed by atoms with Crippen LogP contribution in [0.25, 0.3) is 11.1 Å². The number of carbonyl (C=O) groups is 1. The minimum atomic E-state index is -0.239. The number of oxazole rings is 1. The van der Waals surface area contributed by atoms with Crippen LogP contribution in [0.15, 0.2) is 65.5 Å². The number of hydrogen-bond acceptors (Lipinski definition) is 4. The van der Waals surface area contributed by atoms with Crippen molar-refractivity contribution in [3.05, 3.63) is 106 Å². The fraction of sp³-hybridized carbons (Fsp3) is 0.300. The first-order valence-corrected chi connectivity index (χ1v) is 12.8. The summed E-state index contributed by atoms with van der Waals surface area (Å²) >= 11 is 0. The van der Waals surface area contributed by atoms with Gasteiger partial charge in [-0.2, -0.15) is 0 Å². The topological polar surface area (TPSA) is 83.9 Å². The molecule has 6 nitrogen and oxygen atoms in total. The molecule has 6 rings (SSSR count). The molecular weight excluding hydrogens is 467 g/mol. The van der Waals surface area contributed by atoms with Crippen molar-refractivity contribution < 1.29 is 13.6 Å². The summed E-state index contributed by atoms with van der Waals surface area (Å²) in [4.78, 5) is 18.3. The van der Waals surface area contributed by atoms with Gasteiger partial charge in [-0.05, 0) is 109 Å². The fourth-order valence-electron chi connectivity index (χ4n) is 5.42. The molecule has 2 aliphatic carbocycles. The van der Waals surface area contributed by atoms with Crippen LogP contribution in [0.1, 0.15) is 63.6 Å². The van der Waals surface area contributed by atoms with Crippen molar-refractivity contribution >= 4 is 5.91 Å². The number of aryl methyl sites for hydroxylation is 2. The number of nitrogens with zero attached hydrogens (tertiary/aromatic N) is 2. The molecule has 1 saturated carbocycles. The number of pyridine rings is 1. The molecule has 2 N–H and O–H groups in total. The van der Waals surface area contributed by atoms with Crippen LogP contribution < -0.4 is 11.0 Å². The summed E-state index contributed by atoms with van der Waals surface area (Å²) in [6.07, 6.45) is 10.2. The summed E-state index contributed by atoms with van der Waals surface area (Å²) in [6.45, 7) is 2.17. The van der Waals surface area contributed by atoms with E-state index in [4.69, 9.17) is 9.83 Å². The van der Waals surface area contributed by atoms with E-state index in [9.17, 15) is 9.18 Å². The van der Waals surface area contributed by atoms with Gasteiger partial charge in [-0.25, -0.2) is 4.39 Å². The quantitative estimate of drug-likeness (QED) is 0.355. The van der Waals surface area contributed by atoms with E-state index < -0.39 is 0 Å². The summed E-state index contributed by atoms with van der Waals surface area (Å²) in [5, 5.41) is 11.3. The van der Waals surface area contributed by atoms with Crippen LogP contribution >= 0.6 is 0 Å². The van der Waals surface area contributed by atoms with E-state index in [1.54, 1.807) is 23.8 Å². The van der Waals surface area contributed by atoms with Crippen LogP contribution in [-0.2, 0) is 19.4 Å². The maximum atomic E-state index is 13.9. The van der Waals surface area contributed by atoms with Crippen molar-refractivity contribution in [2.24, 2.45) is 5.92 Å². The van der Waals surface area contributed by atoms with Crippen LogP contribution in [0.2, 0.25) is 0 Å². The monoisotopic (exact) mass is 496 g/mol. The van der Waals surface area contributed by atoms with Crippen LogP contribution in [0, 0.1) is 24.1 Å². The van der Waals surface area contributed by atoms with Gasteiger partial charge in [-0.1, -0.05) is 12.1 Å². The normalized spacial score (nSPS) is 15.4. The van der Waals surface area contributed by atoms with E-state index in [-0.39, 0.29) is 23.5 Å². The number of carbonyl (C=O) groups excluding carboxylic acids is 1. The Morgan fingerprint density at radius 3 is 2.84 bits per heavy atom. The molecule has 188 valence electrons. The molecule has 4 aromatic rings. The van der Waals surface area contributed by atoms with E-state index in [1.165, 1.54) is 17.9 Å². The number of rotatable bonds is 7. The first-order chi connectivity index (χ1) is 18.0. The molecule has 0 spiro atoms. The highest BCUT2D eigenvalue weighted by Crippen LogP contribution is 2.41. The first kappa shape index (κ1) is 23.4. The average Bonchev–Trinajstić information content (AvgIpc) is 3.48. The minimum Gasteiger partial charge on any atom is -0.432 e. The third-order valence-electron chi connectivity index (χ3n) is 7.51. The van der Waals surface area contributed by atoms with Gasteiger partial charge in [0.05, 0.1) is 12.6 Å². The predicted octanol–water partition coefficient (Wildman–Crippen LogP) is 5.49. The highest BCUT2D eigenvalue weighted by Gasteiger charge is 2.34. The van der Waals surface area contributed by atoms with Gasteiger partial charge in [0.1, 0.15) is 12.1 Å². The molecule has 7 heteroatoms. The van der Waals surface area contributed by atoms with Gasteiger partial charge in [0.15, 0.2) is 0 Å². The van der Waals surface area contributed by atoms with Gasteiger partial charge in [0.2, 0.25) is 0 Å². The van der Waals surface area contributed by atoms with E-state index in [1.807, 2.05) is 30.5 Å². The lowest BCUT2D eigenvalue weighted by Gasteiger charge is -2.20. The van der Waals surface area contributed by atoms with Crippen LogP contribution in [0.3, 0.4) is 0 Å². The molecule has 2 heterocycles. The maximum absolute atomic E-state index is 13.9. The highest BCUT2D eigenvalue weighted by atomic mass is 19.1. The summed E-state index contributed by atoms with van der Waals surface area (Å²) < 4.78 is 20.8. The van der Waals surface area contributed by atoms with Crippen molar-refractivity contribution in [1.29, 1.82) is 5.41 Å². The number of amides is 1. The number of halogens is 1. The zero-order valence-corrected chi connectivity index (χ0v) is 20.8. The number of hydrogen-bond donors (Lipinski definition) is 2. The van der Waals surface area contributed by atoms with Crippen molar-refractivity contribution in [3.8, 4) is 11.1 Å². The Bertz CT molecular complexity index is 1550. The molecule has 2 aliphatic rings. The van der Waals surface area contributed by atoms with Gasteiger partial charge in [-0.3, -0.25) is 19.8 Å². The van der Waals surface area contributed by atoms with Gasteiger partial charge < -0.3 is 9.73 Å². The van der Waals surface area contributed by atoms with E-state index >= 15 is 0 Å². The smallest absolute Gasteiger partial charge is 0.293 e. The molecule has 0 radical (unpaired) electrons. The Morgan fingerprint density at radius 1 is 1.22 bits per heavy atom. The molecule has 1 fully saturated rings. The van der Waals surface area contributed by atoms with E-state index in [0.717, 1.165) is 60.1 Å². The molecule has 1 amide bonds. The Labute approximate surface area is 214 Å². The lowest BCUT2D eigenvalue weighted by molar-refractivity contribution is 0.0931. The highest BCUT2D eigenvalue weighted by molar-refractivity contribution is 5.96. The Hall–Kier alpha value is -4.00. The number of aromatic nitrogens is 2. The largest absolute Gasteiger partial charge is 0.432 e. The number of benzene rings is 2. The standard InChI is InChI=1S/C30H29FN4O2/c1-18-13-21(7-8-26(18)31)28(20-5-6-20)34-29(36)23-15-19(17-35-11-12-37-30(35)32)14-22(16-23)24-9-10-33-27-4-2-3-25(24)27/h7-16,20,28,32H,2-6,17H2,1H3,(H,34,36). The Kier molecular flexibility index (Phi) is 5.99. The average molecular weight is 497 g/mol. The van der Waals surface area contributed by atoms with Gasteiger partial charge >= 0.3 is 0 Å². The molecule has 0 saturated heterocycles. The molecule has 37 heavy (non-hydrogen) atoms. The summed E-state index contributed by atoms with van der Waals surface area (Å²) in [5.41, 5.74) is 7.51. The van der Waals surface area contributed by atoms with Gasteiger partial charge in [0.25, 0.3) is 11.6 Å². The zero-order valence-electron chi connectivity index (χ0n) is 20.8. The Morgan fingerprint density at radius 2 is 2.08 bits per heavy atom. The number of fused-ring (bicyclic) bond motifs is 1. The SMILES string of the molecule is Cc1cc(C(NC(=O)c2cc(Cn3ccoc3=N)cc(-c3ccnc4c3CCC4)c2)C2CC2)ccc1F. The first-order valence-electron chi connectivity index (χ1n) is 12.8. The molecule has 0 aliphatic heterocycles. The van der Waals surface area contributed by atoms with Gasteiger partial charge in [0, 0.05) is 23.7 Å². The summed E-state index contributed by atoms with van der Waals surface area (Å²) in [6, 6.07) is 12.9. The van der Waals surface area contributed by atoms with Crippen molar-refractivity contribution in [1.82, 2.24) is 14.9 Å². The second-order valence-corrected chi connectivity index (χ2v) is 10.2. The van der Waals surface area contributed by atoms with Crippen LogP contribution in [0.5, 0.6) is 0 Å². The summed E-state index contributed by atoms with van der Waals surface area (Å²) in [5.74, 6) is -0.0411. The molecule has 2 aromatic carbocycles. The maximum Gasteiger partial charge on any atom is 0.293 e. The van der Waals surface area contributed by atoms with Crippen molar-refractivity contribution in [2.45, 2.75) is 51.6 Å². The lowest BCUT2D eigenvalue weighted by atomic mass is 9.95. The second-order valence-electron chi connectivity index (χ2n) is 10.2. The molecular formula is C30H29FN4O2. The minimum absolute atomic E-state index is 0.0571. The second kappa shape index (κ2) is 9.47. The molecule has 1 atom stereocenters. The third kappa shape index (κ3) is 4.73. The third-order valence-corrected chi connectivity index (χ3v) is 7.51. The van der Waals surface area contributed by atoms with Crippen LogP contribution in [-0.4, -0.2) is 15.5 Å². The number of nitrogens with one attached hydrogen (secondary N) is 2. The molecule has 0 bridgehead atoms. The predicted molar refractivity (Wildman–Crippen MR) is 137 cm³/mol. The Balaban J connectivity index is 1.38. The summed E-state index contributed by atoms with van der Waals surface area (Å²) in [7, 11) is 0. The van der Waals surface area contributed by atoms with Crippen LogP contribution in [0.4, 0.5) is 4.39 Å². The molecule has 1 unspecified atom stereocenters. The van der Waals surface area contributed by atoms with Crippen molar-refractivity contribution in [3.63, 3.8) is 0 Å². The zero-order chi connectivity index (χ0) is 25.5. The van der Waals surface area contributed by atoms with E-state index in [0.29, 0.717) is 23.6 Å². The fourth-order valence-corrected chi connectivity index (χ4v) is 5.42.